The van der Waals surface area contributed by atoms with Crippen molar-refractivity contribution < 1.29 is 18.7 Å². The fourth-order valence-electron chi connectivity index (χ4n) is 5.03. The molecule has 216 valence electrons. The molecule has 3 aromatic heterocycles. The molecule has 0 saturated heterocycles. The number of anilines is 2. The van der Waals surface area contributed by atoms with Gasteiger partial charge in [0.25, 0.3) is 5.89 Å². The second-order valence-corrected chi connectivity index (χ2v) is 11.3. The molecule has 0 radical (unpaired) electrons. The summed E-state index contributed by atoms with van der Waals surface area (Å²) in [5.74, 6) is 0.103. The summed E-state index contributed by atoms with van der Waals surface area (Å²) in [4.78, 5) is 24.5. The Morgan fingerprint density at radius 1 is 1.29 bits per heavy atom. The number of hydrogen-bond acceptors (Lipinski definition) is 10. The maximum absolute atomic E-state index is 13.4. The molecule has 4 heterocycles. The highest BCUT2D eigenvalue weighted by Gasteiger charge is 2.31. The minimum absolute atomic E-state index is 0.0942. The quantitative estimate of drug-likeness (QED) is 0.271. The van der Waals surface area contributed by atoms with Crippen molar-refractivity contribution in [1.29, 1.82) is 0 Å². The van der Waals surface area contributed by atoms with Gasteiger partial charge in [0.05, 0.1) is 29.1 Å². The van der Waals surface area contributed by atoms with E-state index < -0.39 is 18.2 Å². The molecule has 12 heteroatoms. The Hall–Kier alpha value is -4.03. The van der Waals surface area contributed by atoms with E-state index in [2.05, 4.69) is 42.6 Å². The molecular weight excluding hydrogens is 527 g/mol. The monoisotopic (exact) mass is 562 g/mol. The largest absolute Gasteiger partial charge is 0.418 e. The summed E-state index contributed by atoms with van der Waals surface area (Å²) in [6.07, 6.45) is 5.66. The summed E-state index contributed by atoms with van der Waals surface area (Å²) in [7, 11) is 1.84. The second-order valence-electron chi connectivity index (χ2n) is 11.3. The highest BCUT2D eigenvalue weighted by molar-refractivity contribution is 5.92. The summed E-state index contributed by atoms with van der Waals surface area (Å²) in [5.41, 5.74) is 3.62. The SMILES string of the molecule is C[C@H](O)CN1CCC(CC(=O)c2nnc(C(C)(C)CF)o2)c2ccc(-c3ccnc(Nc4cnn(C)c4)n3)cc2C1. The number of halogens is 1. The maximum Gasteiger partial charge on any atom is 0.284 e. The smallest absolute Gasteiger partial charge is 0.284 e. The number of β-amino-alcohol motifs (C(OH)–C–C–N with tert-alkyl or cyclic N) is 1. The Bertz CT molecular complexity index is 1520. The van der Waals surface area contributed by atoms with Crippen molar-refractivity contribution in [3.05, 3.63) is 65.8 Å². The minimum atomic E-state index is -0.952. The van der Waals surface area contributed by atoms with Crippen molar-refractivity contribution >= 4 is 17.4 Å². The lowest BCUT2D eigenvalue weighted by Gasteiger charge is -2.22. The number of aliphatic hydroxyl groups excluding tert-OH is 1. The van der Waals surface area contributed by atoms with Gasteiger partial charge in [0.15, 0.2) is 0 Å². The van der Waals surface area contributed by atoms with E-state index in [0.717, 1.165) is 28.1 Å². The molecule has 4 aromatic rings. The van der Waals surface area contributed by atoms with Gasteiger partial charge in [0, 0.05) is 44.5 Å². The van der Waals surface area contributed by atoms with Crippen molar-refractivity contribution in [1.82, 2.24) is 34.8 Å². The van der Waals surface area contributed by atoms with Crippen LogP contribution < -0.4 is 5.32 Å². The molecule has 1 unspecified atom stereocenters. The number of ketones is 1. The van der Waals surface area contributed by atoms with Gasteiger partial charge in [-0.15, -0.1) is 10.2 Å². The molecule has 41 heavy (non-hydrogen) atoms. The topological polar surface area (TPSA) is 135 Å². The Labute approximate surface area is 237 Å². The number of nitrogens with zero attached hydrogens (tertiary/aromatic N) is 7. The first kappa shape index (κ1) is 28.5. The van der Waals surface area contributed by atoms with E-state index in [1.54, 1.807) is 37.8 Å². The zero-order valence-electron chi connectivity index (χ0n) is 23.7. The van der Waals surface area contributed by atoms with Crippen LogP contribution >= 0.6 is 0 Å². The summed E-state index contributed by atoms with van der Waals surface area (Å²) in [6.45, 7) is 6.26. The number of aromatic nitrogens is 6. The number of alkyl halides is 1. The van der Waals surface area contributed by atoms with E-state index in [-0.39, 0.29) is 29.9 Å². The van der Waals surface area contributed by atoms with Crippen LogP contribution in [0.15, 0.2) is 47.3 Å². The molecule has 11 nitrogen and oxygen atoms in total. The highest BCUT2D eigenvalue weighted by atomic mass is 19.1. The molecule has 0 spiro atoms. The average Bonchev–Trinajstić information content (AvgIpc) is 3.57. The molecule has 2 atom stereocenters. The Morgan fingerprint density at radius 3 is 2.85 bits per heavy atom. The maximum atomic E-state index is 13.4. The zero-order valence-corrected chi connectivity index (χ0v) is 23.7. The Morgan fingerprint density at radius 2 is 2.12 bits per heavy atom. The van der Waals surface area contributed by atoms with Crippen LogP contribution in [0.25, 0.3) is 11.3 Å². The lowest BCUT2D eigenvalue weighted by atomic mass is 9.87. The third-order valence-electron chi connectivity index (χ3n) is 7.21. The molecule has 1 aliphatic rings. The van der Waals surface area contributed by atoms with Gasteiger partial charge in [-0.25, -0.2) is 14.4 Å². The van der Waals surface area contributed by atoms with Gasteiger partial charge in [-0.3, -0.25) is 14.4 Å². The van der Waals surface area contributed by atoms with Crippen LogP contribution in [0.1, 0.15) is 67.2 Å². The lowest BCUT2D eigenvalue weighted by molar-refractivity contribution is 0.0928. The van der Waals surface area contributed by atoms with Gasteiger partial charge < -0.3 is 14.8 Å². The summed E-state index contributed by atoms with van der Waals surface area (Å²) in [6, 6.07) is 8.01. The third-order valence-corrected chi connectivity index (χ3v) is 7.21. The number of carbonyl (C=O) groups is 1. The lowest BCUT2D eigenvalue weighted by Crippen LogP contribution is -2.30. The number of aliphatic hydroxyl groups is 1. The van der Waals surface area contributed by atoms with E-state index >= 15 is 0 Å². The molecular formula is C29H35FN8O3. The predicted octanol–water partition coefficient (Wildman–Crippen LogP) is 4.19. The average molecular weight is 563 g/mol. The van der Waals surface area contributed by atoms with E-state index in [1.807, 2.05) is 25.4 Å². The minimum Gasteiger partial charge on any atom is -0.418 e. The standard InChI is InChI=1S/C29H35FN8O3/c1-18(39)14-38-10-8-19(12-25(40)26-35-36-27(41-26)29(2,3)17-30)23-6-5-20(11-21(23)15-38)24-7-9-31-28(34-24)33-22-13-32-37(4)16-22/h5-7,9,11,13,16,18-19,39H,8,10,12,14-15,17H2,1-4H3,(H,31,33,34)/t18-,19?/m0/s1. The van der Waals surface area contributed by atoms with E-state index in [4.69, 9.17) is 9.40 Å². The molecule has 5 rings (SSSR count). The molecule has 1 aliphatic heterocycles. The van der Waals surface area contributed by atoms with Crippen LogP contribution in [0.2, 0.25) is 0 Å². The summed E-state index contributed by atoms with van der Waals surface area (Å²) < 4.78 is 20.7. The number of benzene rings is 1. The third kappa shape index (κ3) is 6.66. The molecule has 0 aliphatic carbocycles. The van der Waals surface area contributed by atoms with Crippen molar-refractivity contribution in [2.45, 2.75) is 57.6 Å². The van der Waals surface area contributed by atoms with Gasteiger partial charge in [-0.1, -0.05) is 12.1 Å². The molecule has 0 amide bonds. The van der Waals surface area contributed by atoms with E-state index in [0.29, 0.717) is 32.0 Å². The van der Waals surface area contributed by atoms with E-state index in [9.17, 15) is 14.3 Å². The summed E-state index contributed by atoms with van der Waals surface area (Å²) in [5, 5.41) is 25.3. The van der Waals surface area contributed by atoms with Crippen LogP contribution in [-0.2, 0) is 19.0 Å². The molecule has 0 fully saturated rings. The fraction of sp³-hybridized carbons (Fsp3) is 0.448. The zero-order chi connectivity index (χ0) is 29.1. The number of Topliss-reactive ketones (excluding diaryl/α,β-unsaturated/α-hetero) is 1. The summed E-state index contributed by atoms with van der Waals surface area (Å²) >= 11 is 0. The molecule has 1 aromatic carbocycles. The van der Waals surface area contributed by atoms with E-state index in [1.165, 1.54) is 0 Å². The second kappa shape index (κ2) is 11.8. The number of nitrogens with one attached hydrogen (secondary N) is 1. The number of rotatable bonds is 10. The van der Waals surface area contributed by atoms with Crippen LogP contribution in [0.5, 0.6) is 0 Å². The molecule has 0 saturated carbocycles. The Balaban J connectivity index is 1.41. The number of carbonyl (C=O) groups excluding carboxylic acids is 1. The molecule has 0 bridgehead atoms. The first-order chi connectivity index (χ1) is 19.6. The molecule has 2 N–H and O–H groups in total. The fourth-order valence-corrected chi connectivity index (χ4v) is 5.03. The van der Waals surface area contributed by atoms with Crippen LogP contribution in [0.4, 0.5) is 16.0 Å². The van der Waals surface area contributed by atoms with Crippen molar-refractivity contribution in [2.24, 2.45) is 7.05 Å². The number of fused-ring (bicyclic) bond motifs is 1. The van der Waals surface area contributed by atoms with Crippen molar-refractivity contribution in [2.75, 3.05) is 25.1 Å². The first-order valence-electron chi connectivity index (χ1n) is 13.7. The van der Waals surface area contributed by atoms with Gasteiger partial charge in [-0.2, -0.15) is 5.10 Å². The van der Waals surface area contributed by atoms with Gasteiger partial charge in [0.2, 0.25) is 17.6 Å². The predicted molar refractivity (Wildman–Crippen MR) is 151 cm³/mol. The Kier molecular flexibility index (Phi) is 8.22. The highest BCUT2D eigenvalue weighted by Crippen LogP contribution is 2.35. The van der Waals surface area contributed by atoms with Gasteiger partial charge in [-0.05, 0) is 62.9 Å². The van der Waals surface area contributed by atoms with Crippen LogP contribution in [0.3, 0.4) is 0 Å². The number of hydrogen-bond donors (Lipinski definition) is 2. The normalized spacial score (nSPS) is 16.7. The van der Waals surface area contributed by atoms with Crippen molar-refractivity contribution in [3.63, 3.8) is 0 Å². The van der Waals surface area contributed by atoms with Crippen LogP contribution in [-0.4, -0.2) is 71.6 Å². The van der Waals surface area contributed by atoms with Crippen LogP contribution in [0, 0.1) is 0 Å². The van der Waals surface area contributed by atoms with Gasteiger partial charge >= 0.3 is 0 Å². The first-order valence-corrected chi connectivity index (χ1v) is 13.7. The van der Waals surface area contributed by atoms with Gasteiger partial charge in [0.1, 0.15) is 6.67 Å². The number of aryl methyl sites for hydroxylation is 1. The van der Waals surface area contributed by atoms with Crippen molar-refractivity contribution in [3.8, 4) is 11.3 Å².